The minimum absolute atomic E-state index is 0.0699. The van der Waals surface area contributed by atoms with E-state index in [4.69, 9.17) is 9.47 Å². The summed E-state index contributed by atoms with van der Waals surface area (Å²) in [5.74, 6) is -0.386. The summed E-state index contributed by atoms with van der Waals surface area (Å²) in [7, 11) is 1.33. The first-order valence-electron chi connectivity index (χ1n) is 9.34. The molecule has 1 atom stereocenters. The van der Waals surface area contributed by atoms with Crippen molar-refractivity contribution in [2.75, 3.05) is 38.3 Å². The van der Waals surface area contributed by atoms with Gasteiger partial charge in [-0.05, 0) is 42.8 Å². The molecule has 2 aromatic carbocycles. The average Bonchev–Trinajstić information content (AvgIpc) is 2.74. The van der Waals surface area contributed by atoms with E-state index in [1.54, 1.807) is 0 Å². The van der Waals surface area contributed by atoms with Crippen LogP contribution in [0.2, 0.25) is 0 Å². The number of amides is 1. The number of methoxy groups -OCH3 is 1. The van der Waals surface area contributed by atoms with Crippen molar-refractivity contribution in [3.8, 4) is 11.5 Å². The van der Waals surface area contributed by atoms with Crippen molar-refractivity contribution in [3.63, 3.8) is 0 Å². The van der Waals surface area contributed by atoms with Crippen LogP contribution >= 0.6 is 0 Å². The Morgan fingerprint density at radius 3 is 2.41 bits per heavy atom. The van der Waals surface area contributed by atoms with Crippen LogP contribution in [-0.4, -0.2) is 45.9 Å². The summed E-state index contributed by atoms with van der Waals surface area (Å²) in [6.45, 7) is 2.08. The number of alkyl halides is 2. The zero-order chi connectivity index (χ0) is 20.8. The van der Waals surface area contributed by atoms with Gasteiger partial charge in [-0.3, -0.25) is 4.79 Å². The van der Waals surface area contributed by atoms with Crippen LogP contribution in [0.5, 0.6) is 11.5 Å². The topological polar surface area (TPSA) is 60.0 Å². The fraction of sp³-hybridized carbons (Fsp3) is 0.381. The van der Waals surface area contributed by atoms with Crippen LogP contribution in [0.25, 0.3) is 0 Å². The number of hydrogen-bond donors (Lipinski definition) is 1. The number of rotatable bonds is 7. The number of hydrogen-bond acceptors (Lipinski definition) is 5. The van der Waals surface area contributed by atoms with E-state index in [-0.39, 0.29) is 23.4 Å². The third-order valence-corrected chi connectivity index (χ3v) is 4.76. The summed E-state index contributed by atoms with van der Waals surface area (Å²) in [5.41, 5.74) is 2.37. The largest absolute Gasteiger partial charge is 0.493 e. The second-order valence-corrected chi connectivity index (χ2v) is 6.63. The van der Waals surface area contributed by atoms with Crippen molar-refractivity contribution in [2.45, 2.75) is 19.6 Å². The molecule has 0 radical (unpaired) electrons. The van der Waals surface area contributed by atoms with Crippen LogP contribution in [0.3, 0.4) is 0 Å². The van der Waals surface area contributed by atoms with Crippen molar-refractivity contribution in [3.05, 3.63) is 53.6 Å². The Kier molecular flexibility index (Phi) is 6.87. The van der Waals surface area contributed by atoms with Gasteiger partial charge in [0.15, 0.2) is 11.5 Å². The van der Waals surface area contributed by atoms with E-state index >= 15 is 0 Å². The van der Waals surface area contributed by atoms with Gasteiger partial charge in [-0.1, -0.05) is 12.1 Å². The summed E-state index contributed by atoms with van der Waals surface area (Å²) < 4.78 is 39.7. The van der Waals surface area contributed by atoms with Gasteiger partial charge < -0.3 is 24.4 Å². The zero-order valence-electron chi connectivity index (χ0n) is 16.4. The lowest BCUT2D eigenvalue weighted by Crippen LogP contribution is -2.36. The summed E-state index contributed by atoms with van der Waals surface area (Å²) in [4.78, 5) is 14.8. The monoisotopic (exact) mass is 406 g/mol. The predicted molar refractivity (Wildman–Crippen MR) is 105 cm³/mol. The molecule has 1 N–H and O–H groups in total. The molecule has 29 heavy (non-hydrogen) atoms. The maximum Gasteiger partial charge on any atom is 0.387 e. The van der Waals surface area contributed by atoms with Crippen LogP contribution < -0.4 is 19.7 Å². The smallest absolute Gasteiger partial charge is 0.387 e. The van der Waals surface area contributed by atoms with Gasteiger partial charge in [0.2, 0.25) is 0 Å². The predicted octanol–water partition coefficient (Wildman–Crippen LogP) is 3.62. The van der Waals surface area contributed by atoms with E-state index in [0.29, 0.717) is 5.56 Å². The molecule has 1 saturated heterocycles. The summed E-state index contributed by atoms with van der Waals surface area (Å²) in [5, 5.41) is 2.91. The highest BCUT2D eigenvalue weighted by Crippen LogP contribution is 2.29. The normalized spacial score (nSPS) is 15.1. The van der Waals surface area contributed by atoms with Crippen molar-refractivity contribution >= 4 is 11.6 Å². The van der Waals surface area contributed by atoms with E-state index in [1.165, 1.54) is 25.3 Å². The molecule has 0 spiro atoms. The van der Waals surface area contributed by atoms with E-state index in [2.05, 4.69) is 15.0 Å². The van der Waals surface area contributed by atoms with Gasteiger partial charge in [0.25, 0.3) is 5.91 Å². The van der Waals surface area contributed by atoms with Crippen molar-refractivity contribution in [2.24, 2.45) is 0 Å². The summed E-state index contributed by atoms with van der Waals surface area (Å²) in [6.07, 6.45) is 0. The maximum atomic E-state index is 12.6. The van der Waals surface area contributed by atoms with Gasteiger partial charge in [0, 0.05) is 24.3 Å². The first kappa shape index (κ1) is 20.9. The molecule has 0 saturated carbocycles. The molecule has 8 heteroatoms. The molecule has 1 heterocycles. The van der Waals surface area contributed by atoms with Gasteiger partial charge in [-0.2, -0.15) is 8.78 Å². The van der Waals surface area contributed by atoms with E-state index in [9.17, 15) is 13.6 Å². The van der Waals surface area contributed by atoms with Gasteiger partial charge in [0.05, 0.1) is 26.4 Å². The third kappa shape index (κ3) is 5.35. The molecule has 6 nitrogen and oxygen atoms in total. The van der Waals surface area contributed by atoms with Crippen LogP contribution in [0.1, 0.15) is 28.9 Å². The SMILES string of the molecule is COc1cc(C(=O)NC(C)c2ccc(N3CCOCC3)cc2)ccc1OC(F)F. The highest BCUT2D eigenvalue weighted by molar-refractivity contribution is 5.95. The number of nitrogens with zero attached hydrogens (tertiary/aromatic N) is 1. The molecule has 1 fully saturated rings. The molecular formula is C21H24F2N2O4. The summed E-state index contributed by atoms with van der Waals surface area (Å²) >= 11 is 0. The van der Waals surface area contributed by atoms with Crippen LogP contribution in [0.4, 0.5) is 14.5 Å². The van der Waals surface area contributed by atoms with Crippen molar-refractivity contribution in [1.29, 1.82) is 0 Å². The maximum absolute atomic E-state index is 12.6. The number of carbonyl (C=O) groups is 1. The van der Waals surface area contributed by atoms with Gasteiger partial charge in [-0.25, -0.2) is 0 Å². The number of ether oxygens (including phenoxy) is 3. The third-order valence-electron chi connectivity index (χ3n) is 4.76. The Morgan fingerprint density at radius 2 is 1.79 bits per heavy atom. The summed E-state index contributed by atoms with van der Waals surface area (Å²) in [6, 6.07) is 11.9. The van der Waals surface area contributed by atoms with Gasteiger partial charge >= 0.3 is 6.61 Å². The minimum Gasteiger partial charge on any atom is -0.493 e. The van der Waals surface area contributed by atoms with Crippen molar-refractivity contribution < 1.29 is 27.8 Å². The van der Waals surface area contributed by atoms with Crippen LogP contribution in [-0.2, 0) is 4.74 Å². The number of benzene rings is 2. The zero-order valence-corrected chi connectivity index (χ0v) is 16.4. The second-order valence-electron chi connectivity index (χ2n) is 6.63. The Balaban J connectivity index is 1.65. The van der Waals surface area contributed by atoms with E-state index < -0.39 is 6.61 Å². The van der Waals surface area contributed by atoms with Crippen molar-refractivity contribution in [1.82, 2.24) is 5.32 Å². The molecular weight excluding hydrogens is 382 g/mol. The van der Waals surface area contributed by atoms with Gasteiger partial charge in [0.1, 0.15) is 0 Å². The molecule has 0 aliphatic carbocycles. The number of halogens is 2. The standard InChI is InChI=1S/C21H24F2N2O4/c1-14(15-3-6-17(7-4-15)25-9-11-28-12-10-25)24-20(26)16-5-8-18(29-21(22)23)19(13-16)27-2/h3-8,13-14,21H,9-12H2,1-2H3,(H,24,26). The number of nitrogens with one attached hydrogen (secondary N) is 1. The highest BCUT2D eigenvalue weighted by Gasteiger charge is 2.17. The molecule has 2 aromatic rings. The minimum atomic E-state index is -2.97. The average molecular weight is 406 g/mol. The first-order valence-corrected chi connectivity index (χ1v) is 9.34. The fourth-order valence-corrected chi connectivity index (χ4v) is 3.16. The molecule has 1 unspecified atom stereocenters. The first-order chi connectivity index (χ1) is 14.0. The lowest BCUT2D eigenvalue weighted by atomic mass is 10.1. The molecule has 0 aromatic heterocycles. The van der Waals surface area contributed by atoms with E-state index in [0.717, 1.165) is 37.6 Å². The molecule has 1 amide bonds. The fourth-order valence-electron chi connectivity index (χ4n) is 3.16. The Morgan fingerprint density at radius 1 is 1.10 bits per heavy atom. The highest BCUT2D eigenvalue weighted by atomic mass is 19.3. The Hall–Kier alpha value is -2.87. The lowest BCUT2D eigenvalue weighted by molar-refractivity contribution is -0.0512. The van der Waals surface area contributed by atoms with E-state index in [1.807, 2.05) is 31.2 Å². The quantitative estimate of drug-likeness (QED) is 0.761. The Labute approximate surface area is 168 Å². The number of anilines is 1. The van der Waals surface area contributed by atoms with Crippen LogP contribution in [0.15, 0.2) is 42.5 Å². The van der Waals surface area contributed by atoms with Crippen LogP contribution in [0, 0.1) is 0 Å². The number of morpholine rings is 1. The molecule has 1 aliphatic heterocycles. The molecule has 156 valence electrons. The van der Waals surface area contributed by atoms with Gasteiger partial charge in [-0.15, -0.1) is 0 Å². The lowest BCUT2D eigenvalue weighted by Gasteiger charge is -2.29. The molecule has 3 rings (SSSR count). The Bertz CT molecular complexity index is 824. The number of carbonyl (C=O) groups excluding carboxylic acids is 1. The second kappa shape index (κ2) is 9.56. The molecule has 1 aliphatic rings. The molecule has 0 bridgehead atoms.